The normalized spacial score (nSPS) is 41.4. The first-order chi connectivity index (χ1) is 12.8. The van der Waals surface area contributed by atoms with E-state index in [1.165, 1.54) is 11.3 Å². The van der Waals surface area contributed by atoms with Gasteiger partial charge < -0.3 is 26.0 Å². The van der Waals surface area contributed by atoms with Gasteiger partial charge in [-0.3, -0.25) is 9.69 Å². The summed E-state index contributed by atoms with van der Waals surface area (Å²) in [6.07, 6.45) is -0.00749. The van der Waals surface area contributed by atoms with Crippen LogP contribution in [0.2, 0.25) is 0 Å². The van der Waals surface area contributed by atoms with Gasteiger partial charge in [-0.05, 0) is 38.1 Å². The molecule has 0 aromatic carbocycles. The van der Waals surface area contributed by atoms with Crippen molar-refractivity contribution in [2.75, 3.05) is 13.1 Å². The van der Waals surface area contributed by atoms with Gasteiger partial charge in [0, 0.05) is 23.8 Å². The van der Waals surface area contributed by atoms with Gasteiger partial charge in [-0.2, -0.15) is 0 Å². The van der Waals surface area contributed by atoms with Crippen molar-refractivity contribution in [3.63, 3.8) is 0 Å². The molecule has 8 atom stereocenters. The number of nitrogens with two attached hydrogens (primary N) is 1. The van der Waals surface area contributed by atoms with E-state index in [0.29, 0.717) is 23.1 Å². The number of amides is 1. The van der Waals surface area contributed by atoms with Crippen molar-refractivity contribution in [1.29, 1.82) is 0 Å². The van der Waals surface area contributed by atoms with Gasteiger partial charge in [-0.15, -0.1) is 11.8 Å². The van der Waals surface area contributed by atoms with Gasteiger partial charge in [-0.1, -0.05) is 6.92 Å². The molecule has 1 aliphatic carbocycles. The number of thioether (sulfide) groups is 1. The van der Waals surface area contributed by atoms with Crippen molar-refractivity contribution in [1.82, 2.24) is 10.2 Å². The Balaban J connectivity index is 1.49. The summed E-state index contributed by atoms with van der Waals surface area (Å²) in [5.41, 5.74) is 5.76. The number of nitrogens with one attached hydrogen (secondary N) is 1. The first-order valence-electron chi connectivity index (χ1n) is 9.59. The molecule has 2 saturated heterocycles. The smallest absolute Gasteiger partial charge is 0.449 e. The number of fused-ring (bicyclic) bond motifs is 1. The molecule has 0 spiro atoms. The molecule has 4 aliphatic rings. The van der Waals surface area contributed by atoms with Crippen LogP contribution in [0, 0.1) is 23.7 Å². The first-order valence-corrected chi connectivity index (χ1v) is 10.5. The Hall–Kier alpha value is -1.29. The van der Waals surface area contributed by atoms with Gasteiger partial charge in [0.25, 0.3) is 0 Å². The number of hydrogen-bond acceptors (Lipinski definition) is 7. The van der Waals surface area contributed by atoms with Crippen LogP contribution in [-0.2, 0) is 9.53 Å². The Morgan fingerprint density at radius 2 is 2.22 bits per heavy atom. The molecule has 9 heteroatoms. The lowest BCUT2D eigenvalue weighted by Gasteiger charge is -2.45. The second-order valence-corrected chi connectivity index (χ2v) is 9.52. The number of β-lactam (4-membered cyclic amide) rings is 1. The van der Waals surface area contributed by atoms with Crippen LogP contribution in [0.3, 0.4) is 0 Å². The third-order valence-electron chi connectivity index (χ3n) is 6.46. The van der Waals surface area contributed by atoms with Gasteiger partial charge in [-0.25, -0.2) is 4.79 Å². The van der Waals surface area contributed by atoms with Crippen molar-refractivity contribution in [3.8, 4) is 0 Å². The SMILES string of the molecule is C[C@@H](O)[C@H]1C(=O)N2C(OC(=O)O)=C(S[C@@H]3CN[C@H](C4CC4CN)C3)[C@H](C)[C@H]12. The summed E-state index contributed by atoms with van der Waals surface area (Å²) >= 11 is 1.62. The average Bonchev–Trinajstić information content (AvgIpc) is 3.18. The van der Waals surface area contributed by atoms with Gasteiger partial charge in [0.05, 0.1) is 23.0 Å². The highest BCUT2D eigenvalue weighted by Gasteiger charge is 2.60. The standard InChI is InChI=1S/C18H27N3O5S/c1-7-14-13(8(2)22)16(23)21(14)17(26-18(24)25)15(7)27-10-4-12(20-6-10)11-3-9(11)5-19/h7-14,20,22H,3-6,19H2,1-2H3,(H,24,25)/t7-,8-,9?,10+,11?,12+,13-,14-/m1/s1. The summed E-state index contributed by atoms with van der Waals surface area (Å²) in [6.45, 7) is 5.16. The Morgan fingerprint density at radius 3 is 2.81 bits per heavy atom. The average molecular weight is 397 g/mol. The Bertz CT molecular complexity index is 684. The molecule has 27 heavy (non-hydrogen) atoms. The second-order valence-electron chi connectivity index (χ2n) is 8.18. The number of aliphatic hydroxyl groups excluding tert-OH is 1. The molecule has 1 amide bonds. The number of carboxylic acid groups (broad SMARTS) is 1. The van der Waals surface area contributed by atoms with E-state index in [1.807, 2.05) is 6.92 Å². The van der Waals surface area contributed by atoms with Gasteiger partial charge in [0.15, 0.2) is 0 Å². The molecule has 4 rings (SSSR count). The van der Waals surface area contributed by atoms with Gasteiger partial charge in [0.1, 0.15) is 0 Å². The minimum absolute atomic E-state index is 0.0570. The van der Waals surface area contributed by atoms with Crippen LogP contribution >= 0.6 is 11.8 Å². The molecule has 2 unspecified atom stereocenters. The minimum Gasteiger partial charge on any atom is -0.449 e. The monoisotopic (exact) mass is 397 g/mol. The van der Waals surface area contributed by atoms with Gasteiger partial charge in [0.2, 0.25) is 11.8 Å². The molecule has 150 valence electrons. The van der Waals surface area contributed by atoms with E-state index in [4.69, 9.17) is 15.6 Å². The predicted octanol–water partition coefficient (Wildman–Crippen LogP) is 0.766. The molecule has 3 fully saturated rings. The Kier molecular flexibility index (Phi) is 4.90. The van der Waals surface area contributed by atoms with Crippen LogP contribution in [0.25, 0.3) is 0 Å². The second kappa shape index (κ2) is 6.95. The third-order valence-corrected chi connectivity index (χ3v) is 7.96. The Labute approximate surface area is 162 Å². The zero-order chi connectivity index (χ0) is 19.5. The highest BCUT2D eigenvalue weighted by molar-refractivity contribution is 8.03. The summed E-state index contributed by atoms with van der Waals surface area (Å²) < 4.78 is 5.02. The van der Waals surface area contributed by atoms with E-state index >= 15 is 0 Å². The lowest BCUT2D eigenvalue weighted by Crippen LogP contribution is -2.63. The molecular formula is C18H27N3O5S. The van der Waals surface area contributed by atoms with E-state index in [0.717, 1.165) is 24.4 Å². The fourth-order valence-corrected chi connectivity index (χ4v) is 6.40. The minimum atomic E-state index is -1.42. The number of ether oxygens (including phenoxy) is 1. The maximum Gasteiger partial charge on any atom is 0.512 e. The highest BCUT2D eigenvalue weighted by Crippen LogP contribution is 2.53. The van der Waals surface area contributed by atoms with Crippen molar-refractivity contribution >= 4 is 23.8 Å². The summed E-state index contributed by atoms with van der Waals surface area (Å²) in [6, 6.07) is 0.227. The lowest BCUT2D eigenvalue weighted by atomic mass is 9.79. The van der Waals surface area contributed by atoms with Crippen LogP contribution in [0.5, 0.6) is 0 Å². The Morgan fingerprint density at radius 1 is 1.48 bits per heavy atom. The van der Waals surface area contributed by atoms with Crippen LogP contribution < -0.4 is 11.1 Å². The van der Waals surface area contributed by atoms with E-state index in [9.17, 15) is 14.7 Å². The predicted molar refractivity (Wildman–Crippen MR) is 99.5 cm³/mol. The van der Waals surface area contributed by atoms with Crippen molar-refractivity contribution < 1.29 is 24.5 Å². The molecule has 3 heterocycles. The van der Waals surface area contributed by atoms with Crippen molar-refractivity contribution in [2.24, 2.45) is 29.4 Å². The zero-order valence-corrected chi connectivity index (χ0v) is 16.3. The zero-order valence-electron chi connectivity index (χ0n) is 15.5. The number of aliphatic hydroxyl groups is 1. The summed E-state index contributed by atoms with van der Waals surface area (Å²) in [7, 11) is 0. The topological polar surface area (TPSA) is 125 Å². The number of carbonyl (C=O) groups is 2. The number of carbonyl (C=O) groups excluding carboxylic acids is 1. The molecule has 0 aromatic heterocycles. The number of hydrogen-bond donors (Lipinski definition) is 4. The molecule has 1 saturated carbocycles. The van der Waals surface area contributed by atoms with Crippen LogP contribution in [-0.4, -0.2) is 63.7 Å². The molecule has 5 N–H and O–H groups in total. The molecule has 0 radical (unpaired) electrons. The molecule has 3 aliphatic heterocycles. The summed E-state index contributed by atoms with van der Waals surface area (Å²) in [5.74, 6) is 0.580. The fourth-order valence-electron chi connectivity index (χ4n) is 4.97. The lowest BCUT2D eigenvalue weighted by molar-refractivity contribution is -0.163. The molecule has 0 bridgehead atoms. The van der Waals surface area contributed by atoms with Crippen LogP contribution in [0.15, 0.2) is 10.8 Å². The largest absolute Gasteiger partial charge is 0.512 e. The van der Waals surface area contributed by atoms with E-state index in [1.54, 1.807) is 18.7 Å². The summed E-state index contributed by atoms with van der Waals surface area (Å²) in [4.78, 5) is 25.9. The summed E-state index contributed by atoms with van der Waals surface area (Å²) in [5, 5.41) is 23.0. The van der Waals surface area contributed by atoms with Crippen molar-refractivity contribution in [3.05, 3.63) is 10.8 Å². The van der Waals surface area contributed by atoms with E-state index < -0.39 is 18.2 Å². The first kappa shape index (κ1) is 19.0. The van der Waals surface area contributed by atoms with Crippen molar-refractivity contribution in [2.45, 2.75) is 50.1 Å². The maximum atomic E-state index is 12.4. The third kappa shape index (κ3) is 3.14. The van der Waals surface area contributed by atoms with E-state index in [-0.39, 0.29) is 23.8 Å². The van der Waals surface area contributed by atoms with E-state index in [2.05, 4.69) is 5.32 Å². The van der Waals surface area contributed by atoms with Gasteiger partial charge >= 0.3 is 6.16 Å². The highest BCUT2D eigenvalue weighted by atomic mass is 32.2. The quantitative estimate of drug-likeness (QED) is 0.382. The molecular weight excluding hydrogens is 370 g/mol. The number of nitrogens with zero attached hydrogens (tertiary/aromatic N) is 1. The molecule has 8 nitrogen and oxygen atoms in total. The fraction of sp³-hybridized carbons (Fsp3) is 0.778. The number of rotatable bonds is 6. The van der Waals surface area contributed by atoms with Crippen LogP contribution in [0.4, 0.5) is 4.79 Å². The van der Waals surface area contributed by atoms with Crippen LogP contribution in [0.1, 0.15) is 26.7 Å². The maximum absolute atomic E-state index is 12.4. The molecule has 0 aromatic rings.